The lowest BCUT2D eigenvalue weighted by molar-refractivity contribution is -0.148. The zero-order valence-corrected chi connectivity index (χ0v) is 17.8. The van der Waals surface area contributed by atoms with Crippen LogP contribution in [0.3, 0.4) is 0 Å². The van der Waals surface area contributed by atoms with Crippen molar-refractivity contribution in [1.82, 2.24) is 10.2 Å². The summed E-state index contributed by atoms with van der Waals surface area (Å²) in [6.07, 6.45) is -0.571. The Bertz CT molecular complexity index is 1120. The number of imide groups is 3. The molecule has 1 saturated heterocycles. The minimum atomic E-state index is -1.52. The van der Waals surface area contributed by atoms with Gasteiger partial charge in [-0.2, -0.15) is 4.90 Å². The summed E-state index contributed by atoms with van der Waals surface area (Å²) in [5.74, 6) is -2.05. The van der Waals surface area contributed by atoms with Gasteiger partial charge in [0.15, 0.2) is 5.54 Å². The molecule has 1 heterocycles. The minimum Gasteiger partial charge on any atom is -0.461 e. The van der Waals surface area contributed by atoms with E-state index in [4.69, 9.17) is 4.74 Å². The molecule has 1 N–H and O–H groups in total. The molecule has 7 heteroatoms. The lowest BCUT2D eigenvalue weighted by Crippen LogP contribution is -2.45. The molecular weight excluding hydrogens is 420 g/mol. The summed E-state index contributed by atoms with van der Waals surface area (Å²) < 4.78 is 5.18. The van der Waals surface area contributed by atoms with Gasteiger partial charge >= 0.3 is 12.0 Å². The van der Waals surface area contributed by atoms with Crippen LogP contribution < -0.4 is 5.32 Å². The first kappa shape index (κ1) is 22.0. The van der Waals surface area contributed by atoms with Gasteiger partial charge in [0.1, 0.15) is 6.61 Å². The van der Waals surface area contributed by atoms with Crippen LogP contribution in [0.25, 0.3) is 0 Å². The molecule has 0 saturated carbocycles. The largest absolute Gasteiger partial charge is 0.461 e. The van der Waals surface area contributed by atoms with Crippen molar-refractivity contribution >= 4 is 23.8 Å². The van der Waals surface area contributed by atoms with Crippen molar-refractivity contribution in [3.8, 4) is 0 Å². The molecule has 0 unspecified atom stereocenters. The number of hydrogen-bond acceptors (Lipinski definition) is 5. The van der Waals surface area contributed by atoms with E-state index in [1.807, 2.05) is 30.3 Å². The predicted octanol–water partition coefficient (Wildman–Crippen LogP) is 3.53. The van der Waals surface area contributed by atoms with Crippen molar-refractivity contribution in [2.45, 2.75) is 25.0 Å². The van der Waals surface area contributed by atoms with Gasteiger partial charge in [0, 0.05) is 6.42 Å². The highest BCUT2D eigenvalue weighted by Gasteiger charge is 2.55. The summed E-state index contributed by atoms with van der Waals surface area (Å²) in [6, 6.07) is 25.8. The Hall–Kier alpha value is -4.26. The molecule has 1 fully saturated rings. The van der Waals surface area contributed by atoms with Crippen molar-refractivity contribution in [3.05, 3.63) is 108 Å². The highest BCUT2D eigenvalue weighted by atomic mass is 16.5. The van der Waals surface area contributed by atoms with Gasteiger partial charge in [0.25, 0.3) is 5.91 Å². The number of urea groups is 1. The summed E-state index contributed by atoms with van der Waals surface area (Å²) in [6.45, 7) is 0.0854. The van der Waals surface area contributed by atoms with E-state index < -0.39 is 29.4 Å². The molecule has 0 bridgehead atoms. The van der Waals surface area contributed by atoms with Crippen LogP contribution in [0.15, 0.2) is 91.0 Å². The Balaban J connectivity index is 1.49. The van der Waals surface area contributed by atoms with Crippen LogP contribution in [0.5, 0.6) is 0 Å². The molecule has 0 atom stereocenters. The Kier molecular flexibility index (Phi) is 6.31. The van der Waals surface area contributed by atoms with Gasteiger partial charge in [-0.05, 0) is 16.7 Å². The Morgan fingerprint density at radius 2 is 1.27 bits per heavy atom. The monoisotopic (exact) mass is 442 g/mol. The van der Waals surface area contributed by atoms with Crippen LogP contribution in [-0.4, -0.2) is 28.7 Å². The fourth-order valence-electron chi connectivity index (χ4n) is 3.82. The van der Waals surface area contributed by atoms with Crippen molar-refractivity contribution in [2.75, 3.05) is 0 Å². The average Bonchev–Trinajstić information content (AvgIpc) is 3.13. The van der Waals surface area contributed by atoms with E-state index in [0.717, 1.165) is 5.56 Å². The number of nitrogens with one attached hydrogen (secondary N) is 1. The number of carbonyl (C=O) groups is 4. The molecule has 0 aliphatic carbocycles. The second kappa shape index (κ2) is 9.48. The summed E-state index contributed by atoms with van der Waals surface area (Å²) in [5.41, 5.74) is 0.365. The van der Waals surface area contributed by atoms with Crippen LogP contribution >= 0.6 is 0 Å². The van der Waals surface area contributed by atoms with Gasteiger partial charge in [-0.3, -0.25) is 14.4 Å². The van der Waals surface area contributed by atoms with E-state index in [1.54, 1.807) is 60.7 Å². The lowest BCUT2D eigenvalue weighted by Gasteiger charge is -2.27. The van der Waals surface area contributed by atoms with Gasteiger partial charge in [-0.15, -0.1) is 0 Å². The molecule has 4 amide bonds. The first-order valence-corrected chi connectivity index (χ1v) is 10.5. The molecule has 0 spiro atoms. The van der Waals surface area contributed by atoms with Gasteiger partial charge in [-0.25, -0.2) is 4.79 Å². The third-order valence-electron chi connectivity index (χ3n) is 5.47. The van der Waals surface area contributed by atoms with Gasteiger partial charge in [0.2, 0.25) is 5.91 Å². The highest BCUT2D eigenvalue weighted by Crippen LogP contribution is 2.36. The normalized spacial score (nSPS) is 14.6. The van der Waals surface area contributed by atoms with Crippen LogP contribution in [0.4, 0.5) is 4.79 Å². The number of amides is 4. The number of hydrogen-bond donors (Lipinski definition) is 1. The van der Waals surface area contributed by atoms with Crippen molar-refractivity contribution in [1.29, 1.82) is 0 Å². The van der Waals surface area contributed by atoms with Crippen molar-refractivity contribution < 1.29 is 23.9 Å². The van der Waals surface area contributed by atoms with Crippen molar-refractivity contribution in [3.63, 3.8) is 0 Å². The highest BCUT2D eigenvalue weighted by molar-refractivity contribution is 6.19. The van der Waals surface area contributed by atoms with E-state index in [2.05, 4.69) is 5.32 Å². The third-order valence-corrected chi connectivity index (χ3v) is 5.47. The van der Waals surface area contributed by atoms with E-state index in [1.165, 1.54) is 0 Å². The van der Waals surface area contributed by atoms with Crippen molar-refractivity contribution in [2.24, 2.45) is 0 Å². The first-order valence-electron chi connectivity index (χ1n) is 10.5. The lowest BCUT2D eigenvalue weighted by atomic mass is 9.82. The van der Waals surface area contributed by atoms with Crippen LogP contribution in [-0.2, 0) is 31.3 Å². The van der Waals surface area contributed by atoms with E-state index in [0.29, 0.717) is 16.0 Å². The fourth-order valence-corrected chi connectivity index (χ4v) is 3.82. The zero-order valence-electron chi connectivity index (χ0n) is 17.8. The standard InChI is InChI=1S/C26H22N2O5/c29-22(16-17-23(30)33-18-19-10-4-1-5-11-19)28-24(31)26(27-25(28)32,20-12-6-2-7-13-20)21-14-8-3-9-15-21/h1-15H,16-18H2,(H,27,32). The number of benzene rings is 3. The van der Waals surface area contributed by atoms with E-state index >= 15 is 0 Å². The molecular formula is C26H22N2O5. The molecule has 33 heavy (non-hydrogen) atoms. The van der Waals surface area contributed by atoms with Gasteiger partial charge in [0.05, 0.1) is 6.42 Å². The number of ether oxygens (including phenoxy) is 1. The summed E-state index contributed by atoms with van der Waals surface area (Å²) in [5, 5.41) is 2.72. The minimum absolute atomic E-state index is 0.0854. The Labute approximate surface area is 191 Å². The number of carbonyl (C=O) groups excluding carboxylic acids is 4. The van der Waals surface area contributed by atoms with E-state index in [-0.39, 0.29) is 19.4 Å². The molecule has 4 rings (SSSR count). The third kappa shape index (κ3) is 4.39. The Morgan fingerprint density at radius 1 is 0.758 bits per heavy atom. The van der Waals surface area contributed by atoms with Crippen LogP contribution in [0.1, 0.15) is 29.5 Å². The molecule has 166 valence electrons. The number of esters is 1. The summed E-state index contributed by atoms with van der Waals surface area (Å²) >= 11 is 0. The number of nitrogens with zero attached hydrogens (tertiary/aromatic N) is 1. The zero-order chi connectivity index (χ0) is 23.3. The maximum atomic E-state index is 13.5. The van der Waals surface area contributed by atoms with Crippen LogP contribution in [0, 0.1) is 0 Å². The maximum absolute atomic E-state index is 13.5. The quantitative estimate of drug-likeness (QED) is 0.446. The molecule has 0 aromatic heterocycles. The average molecular weight is 442 g/mol. The summed E-state index contributed by atoms with van der Waals surface area (Å²) in [7, 11) is 0. The molecule has 1 aliphatic heterocycles. The van der Waals surface area contributed by atoms with Gasteiger partial charge < -0.3 is 10.1 Å². The van der Waals surface area contributed by atoms with Gasteiger partial charge in [-0.1, -0.05) is 91.0 Å². The molecule has 0 radical (unpaired) electrons. The molecule has 1 aliphatic rings. The fraction of sp³-hybridized carbons (Fsp3) is 0.154. The smallest absolute Gasteiger partial charge is 0.332 e. The predicted molar refractivity (Wildman–Crippen MR) is 120 cm³/mol. The number of rotatable bonds is 7. The second-order valence-electron chi connectivity index (χ2n) is 7.59. The van der Waals surface area contributed by atoms with E-state index in [9.17, 15) is 19.2 Å². The van der Waals surface area contributed by atoms with Crippen LogP contribution in [0.2, 0.25) is 0 Å². The summed E-state index contributed by atoms with van der Waals surface area (Å²) in [4.78, 5) is 51.9. The topological polar surface area (TPSA) is 92.8 Å². The maximum Gasteiger partial charge on any atom is 0.332 e. The Morgan fingerprint density at radius 3 is 1.82 bits per heavy atom. The molecule has 7 nitrogen and oxygen atoms in total. The second-order valence-corrected chi connectivity index (χ2v) is 7.59. The first-order chi connectivity index (χ1) is 16.0. The SMILES string of the molecule is O=C(CCC(=O)N1C(=O)NC(c2ccccc2)(c2ccccc2)C1=O)OCc1ccccc1. The molecule has 3 aromatic rings. The molecule has 3 aromatic carbocycles.